The van der Waals surface area contributed by atoms with Crippen molar-refractivity contribution in [2.45, 2.75) is 26.6 Å². The third kappa shape index (κ3) is 2.14. The third-order valence-electron chi connectivity index (χ3n) is 2.83. The average Bonchev–Trinajstić information content (AvgIpc) is 2.18. The van der Waals surface area contributed by atoms with Gasteiger partial charge in [0.1, 0.15) is 0 Å². The molecule has 2 nitrogen and oxygen atoms in total. The highest BCUT2D eigenvalue weighted by Gasteiger charge is 2.34. The van der Waals surface area contributed by atoms with Gasteiger partial charge in [-0.25, -0.2) is 0 Å². The summed E-state index contributed by atoms with van der Waals surface area (Å²) in [4.78, 5) is 0. The van der Waals surface area contributed by atoms with Gasteiger partial charge in [-0.15, -0.1) is 0 Å². The Morgan fingerprint density at radius 1 is 1.00 bits per heavy atom. The van der Waals surface area contributed by atoms with Gasteiger partial charge in [0.05, 0.1) is 0 Å². The lowest BCUT2D eigenvalue weighted by molar-refractivity contribution is -0.215. The molecule has 1 aromatic carbocycles. The third-order valence-corrected chi connectivity index (χ3v) is 2.83. The van der Waals surface area contributed by atoms with E-state index < -0.39 is 5.79 Å². The Balaban J connectivity index is 2.96. The van der Waals surface area contributed by atoms with Crippen molar-refractivity contribution >= 4 is 0 Å². The second-order valence-electron chi connectivity index (χ2n) is 4.12. The van der Waals surface area contributed by atoms with Gasteiger partial charge in [0.2, 0.25) is 0 Å². The van der Waals surface area contributed by atoms with Crippen molar-refractivity contribution < 1.29 is 10.2 Å². The fourth-order valence-corrected chi connectivity index (χ4v) is 1.41. The highest BCUT2D eigenvalue weighted by atomic mass is 16.5. The first-order valence-corrected chi connectivity index (χ1v) is 4.96. The van der Waals surface area contributed by atoms with Crippen LogP contribution in [-0.4, -0.2) is 10.2 Å². The predicted octanol–water partition coefficient (Wildman–Crippen LogP) is 2.12. The van der Waals surface area contributed by atoms with Gasteiger partial charge in [0.15, 0.2) is 5.79 Å². The smallest absolute Gasteiger partial charge is 0.192 e. The van der Waals surface area contributed by atoms with E-state index in [-0.39, 0.29) is 11.8 Å². The Bertz CT molecular complexity index is 278. The van der Waals surface area contributed by atoms with Crippen LogP contribution in [0.4, 0.5) is 0 Å². The van der Waals surface area contributed by atoms with Gasteiger partial charge in [-0.05, 0) is 5.92 Å². The van der Waals surface area contributed by atoms with E-state index in [2.05, 4.69) is 0 Å². The molecule has 0 saturated heterocycles. The normalized spacial score (nSPS) is 14.4. The molecule has 0 spiro atoms. The number of aliphatic hydroxyl groups is 2. The standard InChI is InChI=1S/C12H18O2/c1-9(2)10(3)12(13,14)11-7-5-4-6-8-11/h4-10,13-14H,1-3H3. The molecule has 0 aromatic heterocycles. The van der Waals surface area contributed by atoms with E-state index in [9.17, 15) is 10.2 Å². The van der Waals surface area contributed by atoms with Gasteiger partial charge in [0.25, 0.3) is 0 Å². The molecule has 0 aliphatic carbocycles. The summed E-state index contributed by atoms with van der Waals surface area (Å²) in [6, 6.07) is 8.95. The number of hydrogen-bond donors (Lipinski definition) is 2. The quantitative estimate of drug-likeness (QED) is 0.723. The van der Waals surface area contributed by atoms with Crippen LogP contribution < -0.4 is 0 Å². The minimum Gasteiger partial charge on any atom is -0.362 e. The zero-order chi connectivity index (χ0) is 10.8. The summed E-state index contributed by atoms with van der Waals surface area (Å²) in [6.07, 6.45) is 0. The topological polar surface area (TPSA) is 40.5 Å². The second-order valence-corrected chi connectivity index (χ2v) is 4.12. The molecule has 1 aromatic rings. The van der Waals surface area contributed by atoms with E-state index in [0.29, 0.717) is 5.56 Å². The molecule has 1 unspecified atom stereocenters. The van der Waals surface area contributed by atoms with E-state index in [1.807, 2.05) is 39.0 Å². The minimum atomic E-state index is -1.73. The van der Waals surface area contributed by atoms with Crippen LogP contribution in [0.2, 0.25) is 0 Å². The van der Waals surface area contributed by atoms with Gasteiger partial charge in [-0.2, -0.15) is 0 Å². The molecule has 0 fully saturated rings. The Morgan fingerprint density at radius 2 is 1.50 bits per heavy atom. The Hall–Kier alpha value is -0.860. The lowest BCUT2D eigenvalue weighted by atomic mass is 9.85. The van der Waals surface area contributed by atoms with Gasteiger partial charge in [-0.3, -0.25) is 0 Å². The van der Waals surface area contributed by atoms with Crippen molar-refractivity contribution in [2.75, 3.05) is 0 Å². The molecule has 2 N–H and O–H groups in total. The molecule has 1 rings (SSSR count). The monoisotopic (exact) mass is 194 g/mol. The fourth-order valence-electron chi connectivity index (χ4n) is 1.41. The van der Waals surface area contributed by atoms with E-state index in [1.165, 1.54) is 0 Å². The molecule has 1 atom stereocenters. The Morgan fingerprint density at radius 3 is 1.93 bits per heavy atom. The van der Waals surface area contributed by atoms with Crippen molar-refractivity contribution in [1.82, 2.24) is 0 Å². The van der Waals surface area contributed by atoms with Crippen LogP contribution in [0, 0.1) is 11.8 Å². The maximum Gasteiger partial charge on any atom is 0.192 e. The van der Waals surface area contributed by atoms with Gasteiger partial charge >= 0.3 is 0 Å². The molecular formula is C12H18O2. The number of rotatable bonds is 3. The van der Waals surface area contributed by atoms with Crippen molar-refractivity contribution in [2.24, 2.45) is 11.8 Å². The molecule has 14 heavy (non-hydrogen) atoms. The minimum absolute atomic E-state index is 0.190. The van der Waals surface area contributed by atoms with Gasteiger partial charge < -0.3 is 10.2 Å². The van der Waals surface area contributed by atoms with Crippen molar-refractivity contribution in [3.63, 3.8) is 0 Å². The summed E-state index contributed by atoms with van der Waals surface area (Å²) in [5.74, 6) is -1.69. The van der Waals surface area contributed by atoms with Crippen LogP contribution in [-0.2, 0) is 5.79 Å². The van der Waals surface area contributed by atoms with Crippen molar-refractivity contribution in [1.29, 1.82) is 0 Å². The molecular weight excluding hydrogens is 176 g/mol. The van der Waals surface area contributed by atoms with Crippen molar-refractivity contribution in [3.05, 3.63) is 35.9 Å². The van der Waals surface area contributed by atoms with Crippen molar-refractivity contribution in [3.8, 4) is 0 Å². The van der Waals surface area contributed by atoms with Crippen LogP contribution in [0.3, 0.4) is 0 Å². The number of benzene rings is 1. The molecule has 0 heterocycles. The highest BCUT2D eigenvalue weighted by molar-refractivity contribution is 5.20. The van der Waals surface area contributed by atoms with Crippen LogP contribution in [0.25, 0.3) is 0 Å². The van der Waals surface area contributed by atoms with Crippen LogP contribution in [0.15, 0.2) is 30.3 Å². The summed E-state index contributed by atoms with van der Waals surface area (Å²) in [5.41, 5.74) is 0.557. The first-order valence-electron chi connectivity index (χ1n) is 4.96. The van der Waals surface area contributed by atoms with E-state index >= 15 is 0 Å². The Labute approximate surface area is 85.2 Å². The first-order chi connectivity index (χ1) is 6.46. The molecule has 0 radical (unpaired) electrons. The predicted molar refractivity (Wildman–Crippen MR) is 56.6 cm³/mol. The lowest BCUT2D eigenvalue weighted by Crippen LogP contribution is -2.36. The summed E-state index contributed by atoms with van der Waals surface area (Å²) in [7, 11) is 0. The molecule has 78 valence electrons. The van der Waals surface area contributed by atoms with E-state index in [0.717, 1.165) is 0 Å². The highest BCUT2D eigenvalue weighted by Crippen LogP contribution is 2.31. The van der Waals surface area contributed by atoms with E-state index in [4.69, 9.17) is 0 Å². The summed E-state index contributed by atoms with van der Waals surface area (Å²) in [5, 5.41) is 20.0. The van der Waals surface area contributed by atoms with Gasteiger partial charge in [-0.1, -0.05) is 51.1 Å². The second kappa shape index (κ2) is 4.11. The molecule has 0 aliphatic rings. The molecule has 2 heteroatoms. The molecule has 0 bridgehead atoms. The molecule has 0 aliphatic heterocycles. The Kier molecular flexibility index (Phi) is 3.29. The summed E-state index contributed by atoms with van der Waals surface area (Å²) < 4.78 is 0. The fraction of sp³-hybridized carbons (Fsp3) is 0.500. The maximum absolute atomic E-state index is 9.98. The summed E-state index contributed by atoms with van der Waals surface area (Å²) in [6.45, 7) is 5.81. The first kappa shape index (κ1) is 11.2. The SMILES string of the molecule is CC(C)C(C)C(O)(O)c1ccccc1. The summed E-state index contributed by atoms with van der Waals surface area (Å²) >= 11 is 0. The zero-order valence-electron chi connectivity index (χ0n) is 8.94. The van der Waals surface area contributed by atoms with E-state index in [1.54, 1.807) is 12.1 Å². The number of hydrogen-bond acceptors (Lipinski definition) is 2. The largest absolute Gasteiger partial charge is 0.362 e. The van der Waals surface area contributed by atoms with Crippen LogP contribution in [0.5, 0.6) is 0 Å². The van der Waals surface area contributed by atoms with Crippen LogP contribution >= 0.6 is 0 Å². The maximum atomic E-state index is 9.98. The zero-order valence-corrected chi connectivity index (χ0v) is 8.94. The molecule has 0 amide bonds. The van der Waals surface area contributed by atoms with Crippen LogP contribution in [0.1, 0.15) is 26.3 Å². The average molecular weight is 194 g/mol. The van der Waals surface area contributed by atoms with Gasteiger partial charge in [0, 0.05) is 11.5 Å². The lowest BCUT2D eigenvalue weighted by Gasteiger charge is -2.31. The molecule has 0 saturated carbocycles.